The molecule has 0 spiro atoms. The Morgan fingerprint density at radius 1 is 0.544 bits per heavy atom. The third-order valence-electron chi connectivity index (χ3n) is 9.65. The van der Waals surface area contributed by atoms with E-state index in [0.717, 1.165) is 61.5 Å². The number of aliphatic carboxylic acids is 1. The first-order chi connectivity index (χ1) is 27.7. The van der Waals surface area contributed by atoms with Gasteiger partial charge in [0.2, 0.25) is 0 Å². The molecule has 7 heteroatoms. The number of thiophene rings is 1. The molecule has 0 fully saturated rings. The lowest BCUT2D eigenvalue weighted by molar-refractivity contribution is -0.132. The number of nitriles is 1. The molecular formula is C50H41N3O3S. The van der Waals surface area contributed by atoms with E-state index in [4.69, 9.17) is 4.74 Å². The molecule has 6 nitrogen and oxygen atoms in total. The molecule has 7 aromatic rings. The maximum Gasteiger partial charge on any atom is 0.346 e. The summed E-state index contributed by atoms with van der Waals surface area (Å²) in [5.74, 6) is -0.456. The fourth-order valence-electron chi connectivity index (χ4n) is 6.57. The van der Waals surface area contributed by atoms with Crippen molar-refractivity contribution in [3.63, 3.8) is 0 Å². The minimum Gasteiger partial charge on any atom is -0.497 e. The Bertz CT molecular complexity index is 2540. The monoisotopic (exact) mass is 763 g/mol. The Labute approximate surface area is 338 Å². The summed E-state index contributed by atoms with van der Waals surface area (Å²) in [6.07, 6.45) is 3.54. The van der Waals surface area contributed by atoms with Crippen molar-refractivity contribution in [2.24, 2.45) is 0 Å². The average Bonchev–Trinajstić information content (AvgIpc) is 3.69. The second kappa shape index (κ2) is 17.1. The van der Waals surface area contributed by atoms with Gasteiger partial charge in [-0.1, -0.05) is 77.4 Å². The van der Waals surface area contributed by atoms with Crippen LogP contribution in [0, 0.1) is 32.1 Å². The van der Waals surface area contributed by atoms with Crippen molar-refractivity contribution in [1.29, 1.82) is 5.26 Å². The van der Waals surface area contributed by atoms with Crippen molar-refractivity contribution in [1.82, 2.24) is 0 Å². The van der Waals surface area contributed by atoms with Gasteiger partial charge in [-0.2, -0.15) is 5.26 Å². The van der Waals surface area contributed by atoms with Crippen molar-refractivity contribution in [3.05, 3.63) is 201 Å². The van der Waals surface area contributed by atoms with Gasteiger partial charge in [0, 0.05) is 43.9 Å². The van der Waals surface area contributed by atoms with E-state index in [9.17, 15) is 15.2 Å². The highest BCUT2D eigenvalue weighted by Gasteiger charge is 2.17. The van der Waals surface area contributed by atoms with Crippen LogP contribution < -0.4 is 14.5 Å². The third kappa shape index (κ3) is 8.89. The highest BCUT2D eigenvalue weighted by atomic mass is 32.1. The minimum absolute atomic E-state index is 0.305. The number of ether oxygens (including phenoxy) is 1. The topological polar surface area (TPSA) is 76.8 Å². The molecule has 0 radical (unpaired) electrons. The summed E-state index contributed by atoms with van der Waals surface area (Å²) in [6, 6.07) is 56.3. The molecule has 0 aliphatic carbocycles. The van der Waals surface area contributed by atoms with Crippen molar-refractivity contribution < 1.29 is 14.6 Å². The fraction of sp³-hybridized carbons (Fsp3) is 0.0800. The average molecular weight is 764 g/mol. The summed E-state index contributed by atoms with van der Waals surface area (Å²) < 4.78 is 5.45. The number of benzene rings is 6. The van der Waals surface area contributed by atoms with Crippen molar-refractivity contribution in [3.8, 4) is 11.8 Å². The van der Waals surface area contributed by atoms with Crippen molar-refractivity contribution >= 4 is 69.2 Å². The maximum absolute atomic E-state index is 11.6. The zero-order valence-electron chi connectivity index (χ0n) is 32.2. The molecule has 0 atom stereocenters. The van der Waals surface area contributed by atoms with E-state index < -0.39 is 5.97 Å². The van der Waals surface area contributed by atoms with E-state index in [1.54, 1.807) is 13.2 Å². The Morgan fingerprint density at radius 2 is 0.877 bits per heavy atom. The lowest BCUT2D eigenvalue weighted by Crippen LogP contribution is -2.10. The number of carbonyl (C=O) groups is 1. The Morgan fingerprint density at radius 3 is 1.21 bits per heavy atom. The van der Waals surface area contributed by atoms with Crippen LogP contribution in [0.3, 0.4) is 0 Å². The van der Waals surface area contributed by atoms with Gasteiger partial charge in [0.15, 0.2) is 0 Å². The van der Waals surface area contributed by atoms with E-state index in [1.807, 2.05) is 24.3 Å². The number of anilines is 6. The summed E-state index contributed by atoms with van der Waals surface area (Å²) in [5, 5.41) is 18.8. The van der Waals surface area contributed by atoms with E-state index in [-0.39, 0.29) is 5.57 Å². The maximum atomic E-state index is 11.6. The Hall–Kier alpha value is -7.14. The zero-order valence-corrected chi connectivity index (χ0v) is 33.0. The summed E-state index contributed by atoms with van der Waals surface area (Å²) in [4.78, 5) is 17.7. The Kier molecular flexibility index (Phi) is 11.5. The van der Waals surface area contributed by atoms with Gasteiger partial charge in [0.1, 0.15) is 17.4 Å². The summed E-state index contributed by atoms with van der Waals surface area (Å²) in [7, 11) is 1.67. The molecule has 1 N–H and O–H groups in total. The van der Waals surface area contributed by atoms with Gasteiger partial charge < -0.3 is 19.6 Å². The summed E-state index contributed by atoms with van der Waals surface area (Å²) in [6.45, 7) is 6.27. The van der Waals surface area contributed by atoms with Gasteiger partial charge in [-0.05, 0) is 147 Å². The van der Waals surface area contributed by atoms with E-state index in [0.29, 0.717) is 4.88 Å². The fourth-order valence-corrected chi connectivity index (χ4v) is 7.47. The predicted octanol–water partition coefficient (Wildman–Crippen LogP) is 13.2. The minimum atomic E-state index is -1.25. The predicted molar refractivity (Wildman–Crippen MR) is 236 cm³/mol. The Balaban J connectivity index is 1.31. The number of aryl methyl sites for hydroxylation is 3. The second-order valence-corrected chi connectivity index (χ2v) is 14.9. The van der Waals surface area contributed by atoms with E-state index in [2.05, 4.69) is 170 Å². The van der Waals surface area contributed by atoms with Crippen LogP contribution in [0.25, 0.3) is 17.7 Å². The van der Waals surface area contributed by atoms with Crippen LogP contribution in [0.4, 0.5) is 34.1 Å². The molecule has 0 bridgehead atoms. The number of carboxylic acids is 1. The van der Waals surface area contributed by atoms with Gasteiger partial charge in [-0.25, -0.2) is 4.79 Å². The summed E-state index contributed by atoms with van der Waals surface area (Å²) in [5.41, 5.74) is 12.5. The lowest BCUT2D eigenvalue weighted by atomic mass is 9.96. The number of hydrogen-bond acceptors (Lipinski definition) is 6. The van der Waals surface area contributed by atoms with Gasteiger partial charge in [-0.3, -0.25) is 0 Å². The van der Waals surface area contributed by atoms with Gasteiger partial charge >= 0.3 is 5.97 Å². The standard InChI is InChI=1S/C50H41N3O3S/c1-34-5-15-40(16-6-34)52(41-17-7-35(2)8-18-41)43-21-11-37(12-22-43)49(32-48-30-29-47(57-48)31-39(33-51)50(54)55)38-13-23-44(24-14-38)53(42-19-9-36(3)10-20-42)45-25-27-46(56-4)28-26-45/h5-32H,1-4H3,(H,54,55)/b39-31+,49-32-. The van der Waals surface area contributed by atoms with Crippen LogP contribution in [-0.2, 0) is 4.79 Å². The van der Waals surface area contributed by atoms with Crippen molar-refractivity contribution in [2.45, 2.75) is 20.8 Å². The number of carboxylic acid groups (broad SMARTS) is 1. The summed E-state index contributed by atoms with van der Waals surface area (Å²) >= 11 is 1.43. The molecule has 1 heterocycles. The van der Waals surface area contributed by atoms with Gasteiger partial charge in [-0.15, -0.1) is 11.3 Å². The van der Waals surface area contributed by atoms with E-state index in [1.165, 1.54) is 34.1 Å². The van der Waals surface area contributed by atoms with Crippen LogP contribution in [0.15, 0.2) is 163 Å². The molecule has 0 saturated carbocycles. The van der Waals surface area contributed by atoms with Crippen molar-refractivity contribution in [2.75, 3.05) is 16.9 Å². The lowest BCUT2D eigenvalue weighted by Gasteiger charge is -2.26. The first-order valence-electron chi connectivity index (χ1n) is 18.5. The second-order valence-electron chi connectivity index (χ2n) is 13.7. The third-order valence-corrected chi connectivity index (χ3v) is 10.6. The van der Waals surface area contributed by atoms with Crippen LogP contribution in [-0.4, -0.2) is 18.2 Å². The van der Waals surface area contributed by atoms with Gasteiger partial charge in [0.25, 0.3) is 0 Å². The molecule has 0 aliphatic heterocycles. The quantitative estimate of drug-likeness (QED) is 0.0986. The molecule has 0 amide bonds. The number of nitrogens with zero attached hydrogens (tertiary/aromatic N) is 3. The molecule has 6 aromatic carbocycles. The van der Waals surface area contributed by atoms with Crippen LogP contribution in [0.1, 0.15) is 37.6 Å². The molecule has 57 heavy (non-hydrogen) atoms. The molecule has 280 valence electrons. The molecule has 0 unspecified atom stereocenters. The SMILES string of the molecule is COc1ccc(N(c2ccc(C)cc2)c2ccc(/C(=C\c3ccc(/C=C(\C#N)C(=O)O)s3)c3ccc(N(c4ccc(C)cc4)c4ccc(C)cc4)cc3)cc2)cc1. The van der Waals surface area contributed by atoms with Crippen LogP contribution in [0.5, 0.6) is 5.75 Å². The number of rotatable bonds is 12. The molecule has 7 rings (SSSR count). The normalized spacial score (nSPS) is 11.5. The highest BCUT2D eigenvalue weighted by molar-refractivity contribution is 7.13. The molecular weight excluding hydrogens is 723 g/mol. The molecule has 0 aliphatic rings. The van der Waals surface area contributed by atoms with Crippen LogP contribution in [0.2, 0.25) is 0 Å². The molecule has 0 saturated heterocycles. The zero-order chi connectivity index (χ0) is 39.9. The largest absolute Gasteiger partial charge is 0.497 e. The van der Waals surface area contributed by atoms with Gasteiger partial charge in [0.05, 0.1) is 7.11 Å². The highest BCUT2D eigenvalue weighted by Crippen LogP contribution is 2.39. The smallest absolute Gasteiger partial charge is 0.346 e. The van der Waals surface area contributed by atoms with Crippen LogP contribution >= 0.6 is 11.3 Å². The number of hydrogen-bond donors (Lipinski definition) is 1. The number of methoxy groups -OCH3 is 1. The van der Waals surface area contributed by atoms with E-state index >= 15 is 0 Å². The first kappa shape index (κ1) is 38.1. The first-order valence-corrected chi connectivity index (χ1v) is 19.3. The molecule has 1 aromatic heterocycles.